The van der Waals surface area contributed by atoms with Gasteiger partial charge < -0.3 is 9.47 Å². The topological polar surface area (TPSA) is 63.5 Å². The fourth-order valence-electron chi connectivity index (χ4n) is 2.46. The Morgan fingerprint density at radius 1 is 1.22 bits per heavy atom. The second kappa shape index (κ2) is 8.92. The Labute approximate surface area is 166 Å². The van der Waals surface area contributed by atoms with Gasteiger partial charge in [0.25, 0.3) is 0 Å². The van der Waals surface area contributed by atoms with Gasteiger partial charge in [0, 0.05) is 5.02 Å². The monoisotopic (exact) mass is 403 g/mol. The molecule has 1 amide bonds. The number of amides is 1. The minimum absolute atomic E-state index is 0.0426. The molecule has 1 saturated heterocycles. The number of hydrogen-bond donors (Lipinski definition) is 0. The van der Waals surface area contributed by atoms with Gasteiger partial charge in [0.15, 0.2) is 16.7 Å². The van der Waals surface area contributed by atoms with E-state index in [1.165, 1.54) is 16.7 Å². The minimum Gasteiger partial charge on any atom is -0.493 e. The summed E-state index contributed by atoms with van der Waals surface area (Å²) in [5, 5.41) is 9.48. The molecule has 1 fully saturated rings. The highest BCUT2D eigenvalue weighted by atomic mass is 35.5. The summed E-state index contributed by atoms with van der Waals surface area (Å²) in [6.45, 7) is 2.47. The van der Waals surface area contributed by atoms with Gasteiger partial charge in [-0.05, 0) is 55.0 Å². The van der Waals surface area contributed by atoms with Gasteiger partial charge in [0.05, 0.1) is 31.4 Å². The maximum Gasteiger partial charge on any atom is 0.243 e. The Balaban J connectivity index is 1.79. The lowest BCUT2D eigenvalue weighted by atomic mass is 10.2. The third-order valence-electron chi connectivity index (χ3n) is 3.69. The molecule has 6 nitrogen and oxygen atoms in total. The molecule has 0 aromatic heterocycles. The molecule has 0 saturated carbocycles. The molecule has 140 valence electrons. The van der Waals surface area contributed by atoms with Crippen LogP contribution in [0, 0.1) is 0 Å². The maximum absolute atomic E-state index is 12.2. The van der Waals surface area contributed by atoms with E-state index in [1.807, 2.05) is 25.1 Å². The Kier molecular flexibility index (Phi) is 6.36. The van der Waals surface area contributed by atoms with E-state index in [1.54, 1.807) is 37.6 Å². The molecule has 0 bridgehead atoms. The first-order chi connectivity index (χ1) is 13.1. The Hall–Kier alpha value is -2.51. The van der Waals surface area contributed by atoms with Gasteiger partial charge in [-0.25, -0.2) is 0 Å². The molecular weight excluding hydrogens is 386 g/mol. The van der Waals surface area contributed by atoms with E-state index in [-0.39, 0.29) is 5.91 Å². The van der Waals surface area contributed by atoms with E-state index >= 15 is 0 Å². The highest BCUT2D eigenvalue weighted by molar-refractivity contribution is 8.15. The highest BCUT2D eigenvalue weighted by Crippen LogP contribution is 2.29. The molecule has 1 aliphatic rings. The predicted molar refractivity (Wildman–Crippen MR) is 111 cm³/mol. The Bertz CT molecular complexity index is 884. The molecule has 0 N–H and O–H groups in total. The van der Waals surface area contributed by atoms with Crippen molar-refractivity contribution in [2.45, 2.75) is 6.92 Å². The van der Waals surface area contributed by atoms with Gasteiger partial charge in [0.1, 0.15) is 0 Å². The van der Waals surface area contributed by atoms with Crippen LogP contribution in [-0.2, 0) is 4.79 Å². The first kappa shape index (κ1) is 19.3. The summed E-state index contributed by atoms with van der Waals surface area (Å²) in [6, 6.07) is 12.5. The molecular formula is C19H18ClN3O3S. The van der Waals surface area contributed by atoms with Crippen molar-refractivity contribution < 1.29 is 14.3 Å². The van der Waals surface area contributed by atoms with Crippen molar-refractivity contribution in [3.8, 4) is 11.5 Å². The van der Waals surface area contributed by atoms with Crippen LogP contribution in [-0.4, -0.2) is 36.8 Å². The van der Waals surface area contributed by atoms with Crippen LogP contribution in [0.4, 0.5) is 5.69 Å². The lowest BCUT2D eigenvalue weighted by Gasteiger charge is -2.14. The molecule has 1 aliphatic heterocycles. The smallest absolute Gasteiger partial charge is 0.243 e. The number of carbonyl (C=O) groups is 1. The maximum atomic E-state index is 12.2. The number of carbonyl (C=O) groups excluding carboxylic acids is 1. The molecule has 0 radical (unpaired) electrons. The Morgan fingerprint density at radius 2 is 2.00 bits per heavy atom. The molecule has 8 heteroatoms. The number of benzene rings is 2. The van der Waals surface area contributed by atoms with Gasteiger partial charge >= 0.3 is 0 Å². The van der Waals surface area contributed by atoms with E-state index in [0.29, 0.717) is 39.7 Å². The summed E-state index contributed by atoms with van der Waals surface area (Å²) >= 11 is 7.26. The summed E-state index contributed by atoms with van der Waals surface area (Å²) in [5.74, 6) is 1.59. The van der Waals surface area contributed by atoms with E-state index < -0.39 is 0 Å². The molecule has 0 atom stereocenters. The van der Waals surface area contributed by atoms with Crippen molar-refractivity contribution in [2.24, 2.45) is 10.2 Å². The zero-order valence-corrected chi connectivity index (χ0v) is 16.5. The van der Waals surface area contributed by atoms with E-state index in [9.17, 15) is 4.79 Å². The number of anilines is 1. The van der Waals surface area contributed by atoms with Crippen molar-refractivity contribution in [1.82, 2.24) is 0 Å². The summed E-state index contributed by atoms with van der Waals surface area (Å²) in [4.78, 5) is 13.7. The number of rotatable bonds is 6. The van der Waals surface area contributed by atoms with Gasteiger partial charge in [0.2, 0.25) is 5.91 Å². The lowest BCUT2D eigenvalue weighted by molar-refractivity contribution is -0.115. The van der Waals surface area contributed by atoms with Crippen molar-refractivity contribution in [3.05, 3.63) is 53.1 Å². The summed E-state index contributed by atoms with van der Waals surface area (Å²) < 4.78 is 10.8. The summed E-state index contributed by atoms with van der Waals surface area (Å²) in [7, 11) is 1.59. The SMILES string of the molecule is CCOc1ccc(/C=N/N=C2\SCC(=O)N2c2ccc(Cl)cc2)cc1OC. The van der Waals surface area contributed by atoms with Crippen molar-refractivity contribution in [2.75, 3.05) is 24.4 Å². The molecule has 1 heterocycles. The zero-order chi connectivity index (χ0) is 19.2. The van der Waals surface area contributed by atoms with Crippen molar-refractivity contribution in [3.63, 3.8) is 0 Å². The highest BCUT2D eigenvalue weighted by Gasteiger charge is 2.29. The second-order valence-electron chi connectivity index (χ2n) is 5.46. The molecule has 2 aromatic rings. The fraction of sp³-hybridized carbons (Fsp3) is 0.211. The molecule has 0 unspecified atom stereocenters. The standard InChI is InChI=1S/C19H18ClN3O3S/c1-3-26-16-9-4-13(10-17(16)25-2)11-21-22-19-23(18(24)12-27-19)15-7-5-14(20)6-8-15/h4-11H,3,12H2,1-2H3/b21-11+,22-19-. The van der Waals surface area contributed by atoms with Crippen LogP contribution in [0.3, 0.4) is 0 Å². The fourth-order valence-corrected chi connectivity index (χ4v) is 3.41. The number of nitrogens with zero attached hydrogens (tertiary/aromatic N) is 3. The quantitative estimate of drug-likeness (QED) is 0.535. The van der Waals surface area contributed by atoms with Crippen LogP contribution in [0.2, 0.25) is 5.02 Å². The molecule has 3 rings (SSSR count). The molecule has 27 heavy (non-hydrogen) atoms. The number of methoxy groups -OCH3 is 1. The third kappa shape index (κ3) is 4.61. The van der Waals surface area contributed by atoms with Crippen LogP contribution in [0.15, 0.2) is 52.7 Å². The van der Waals surface area contributed by atoms with Crippen LogP contribution in [0.1, 0.15) is 12.5 Å². The summed E-state index contributed by atoms with van der Waals surface area (Å²) in [5.41, 5.74) is 1.53. The Morgan fingerprint density at radius 3 is 2.70 bits per heavy atom. The van der Waals surface area contributed by atoms with Gasteiger partial charge in [-0.2, -0.15) is 5.10 Å². The third-order valence-corrected chi connectivity index (χ3v) is 4.85. The van der Waals surface area contributed by atoms with E-state index in [4.69, 9.17) is 21.1 Å². The number of amidine groups is 1. The normalized spacial score (nSPS) is 15.7. The first-order valence-electron chi connectivity index (χ1n) is 8.25. The molecule has 0 spiro atoms. The molecule has 0 aliphatic carbocycles. The van der Waals surface area contributed by atoms with Crippen molar-refractivity contribution in [1.29, 1.82) is 0 Å². The van der Waals surface area contributed by atoms with E-state index in [2.05, 4.69) is 10.2 Å². The van der Waals surface area contributed by atoms with Crippen LogP contribution >= 0.6 is 23.4 Å². The second-order valence-corrected chi connectivity index (χ2v) is 6.84. The average molecular weight is 404 g/mol. The largest absolute Gasteiger partial charge is 0.493 e. The summed E-state index contributed by atoms with van der Waals surface area (Å²) in [6.07, 6.45) is 1.61. The van der Waals surface area contributed by atoms with Crippen LogP contribution in [0.25, 0.3) is 0 Å². The van der Waals surface area contributed by atoms with Crippen LogP contribution in [0.5, 0.6) is 11.5 Å². The average Bonchev–Trinajstić information content (AvgIpc) is 3.04. The van der Waals surface area contributed by atoms with Crippen molar-refractivity contribution >= 4 is 46.3 Å². The van der Waals surface area contributed by atoms with Crippen LogP contribution < -0.4 is 14.4 Å². The number of thioether (sulfide) groups is 1. The number of halogens is 1. The number of ether oxygens (including phenoxy) is 2. The molecule has 2 aromatic carbocycles. The van der Waals surface area contributed by atoms with Gasteiger partial charge in [-0.15, -0.1) is 5.10 Å². The zero-order valence-electron chi connectivity index (χ0n) is 14.9. The van der Waals surface area contributed by atoms with Gasteiger partial charge in [-0.1, -0.05) is 23.4 Å². The first-order valence-corrected chi connectivity index (χ1v) is 9.62. The predicted octanol–water partition coefficient (Wildman–Crippen LogP) is 4.22. The van der Waals surface area contributed by atoms with E-state index in [0.717, 1.165) is 5.56 Å². The lowest BCUT2D eigenvalue weighted by Crippen LogP contribution is -2.28. The minimum atomic E-state index is -0.0426. The van der Waals surface area contributed by atoms with Gasteiger partial charge in [-0.3, -0.25) is 9.69 Å². The number of hydrogen-bond acceptors (Lipinski definition) is 6.